The topological polar surface area (TPSA) is 61.5 Å². The van der Waals surface area contributed by atoms with E-state index >= 15 is 0 Å². The molecule has 1 aromatic heterocycles. The highest BCUT2D eigenvalue weighted by molar-refractivity contribution is 8.03. The third-order valence-electron chi connectivity index (χ3n) is 7.35. The Hall–Kier alpha value is -3.17. The second-order valence-corrected chi connectivity index (χ2v) is 13.6. The molecule has 1 aliphatic heterocycles. The zero-order chi connectivity index (χ0) is 27.9. The highest BCUT2D eigenvalue weighted by Gasteiger charge is 2.27. The molecule has 0 unspecified atom stereocenters. The van der Waals surface area contributed by atoms with Crippen molar-refractivity contribution in [3.05, 3.63) is 94.5 Å². The van der Waals surface area contributed by atoms with Crippen LogP contribution in [0.4, 0.5) is 5.69 Å². The Morgan fingerprint density at radius 3 is 2.38 bits per heavy atom. The number of allylic oxidation sites excluding steroid dienone is 2. The van der Waals surface area contributed by atoms with E-state index in [9.17, 15) is 13.0 Å². The first-order chi connectivity index (χ1) is 19.4. The minimum Gasteiger partial charge on any atom is -0.335 e. The van der Waals surface area contributed by atoms with Crippen molar-refractivity contribution in [1.82, 2.24) is 0 Å². The first-order valence-corrected chi connectivity index (χ1v) is 16.8. The molecule has 0 aliphatic carbocycles. The number of hydrogen-bond donors (Lipinski definition) is 1. The standard InChI is InChI=1S/C32H30N2O3S3/c1-3-22(20-29-33(4-2)31-25-12-7-5-10-23(25)14-16-27(31)38-29)21-30-34(18-9-19-40(35,36)37)32-26-13-8-6-11-24(26)15-17-28(32)39-30/h5-8,10-17,20-21H,3-4,9,18-19H2,1-2H3/p+1. The molecule has 0 fully saturated rings. The Labute approximate surface area is 243 Å². The monoisotopic (exact) mass is 587 g/mol. The van der Waals surface area contributed by atoms with Gasteiger partial charge in [0.2, 0.25) is 5.52 Å². The molecule has 204 valence electrons. The van der Waals surface area contributed by atoms with Crippen LogP contribution in [0.5, 0.6) is 0 Å². The van der Waals surface area contributed by atoms with Crippen LogP contribution in [0.15, 0.2) is 94.4 Å². The molecule has 0 amide bonds. The van der Waals surface area contributed by atoms with E-state index in [0.717, 1.165) is 39.0 Å². The molecule has 1 N–H and O–H groups in total. The average molecular weight is 588 g/mol. The van der Waals surface area contributed by atoms with E-state index in [0.29, 0.717) is 13.0 Å². The third-order valence-corrected chi connectivity index (χ3v) is 10.4. The molecule has 0 saturated carbocycles. The normalized spacial score (nSPS) is 15.1. The number of anilines is 1. The number of benzene rings is 4. The van der Waals surface area contributed by atoms with Gasteiger partial charge in [0, 0.05) is 29.3 Å². The molecule has 40 heavy (non-hydrogen) atoms. The van der Waals surface area contributed by atoms with Crippen LogP contribution in [-0.4, -0.2) is 25.3 Å². The number of thiazole rings is 1. The van der Waals surface area contributed by atoms with Crippen molar-refractivity contribution < 1.29 is 17.5 Å². The first-order valence-electron chi connectivity index (χ1n) is 13.5. The molecule has 8 heteroatoms. The van der Waals surface area contributed by atoms with Crippen molar-refractivity contribution in [2.24, 2.45) is 0 Å². The van der Waals surface area contributed by atoms with Gasteiger partial charge in [-0.3, -0.25) is 4.55 Å². The number of nitrogens with zero attached hydrogens (tertiary/aromatic N) is 2. The summed E-state index contributed by atoms with van der Waals surface area (Å²) in [5.41, 5.74) is 3.59. The van der Waals surface area contributed by atoms with Crippen molar-refractivity contribution in [2.75, 3.05) is 17.2 Å². The van der Waals surface area contributed by atoms with Gasteiger partial charge in [-0.1, -0.05) is 84.6 Å². The second kappa shape index (κ2) is 11.0. The van der Waals surface area contributed by atoms with Crippen molar-refractivity contribution >= 4 is 76.7 Å². The Bertz CT molecular complexity index is 1920. The van der Waals surface area contributed by atoms with Gasteiger partial charge in [0.25, 0.3) is 15.1 Å². The largest absolute Gasteiger partial charge is 0.335 e. The maximum absolute atomic E-state index is 11.5. The summed E-state index contributed by atoms with van der Waals surface area (Å²) in [6, 6.07) is 25.6. The average Bonchev–Trinajstić information content (AvgIpc) is 3.49. The summed E-state index contributed by atoms with van der Waals surface area (Å²) in [7, 11) is -4.02. The molecule has 2 heterocycles. The first kappa shape index (κ1) is 27.0. The minimum atomic E-state index is -4.02. The molecule has 1 aliphatic rings. The summed E-state index contributed by atoms with van der Waals surface area (Å²) in [5.74, 6) is -0.260. The van der Waals surface area contributed by atoms with Crippen LogP contribution in [-0.2, 0) is 16.7 Å². The van der Waals surface area contributed by atoms with Gasteiger partial charge in [0.15, 0.2) is 6.54 Å². The van der Waals surface area contributed by atoms with Crippen molar-refractivity contribution in [1.29, 1.82) is 0 Å². The Morgan fingerprint density at radius 2 is 1.65 bits per heavy atom. The number of aromatic nitrogens is 1. The molecule has 0 spiro atoms. The van der Waals surface area contributed by atoms with Crippen LogP contribution in [0.1, 0.15) is 31.7 Å². The lowest BCUT2D eigenvalue weighted by Crippen LogP contribution is -2.36. The van der Waals surface area contributed by atoms with E-state index in [2.05, 4.69) is 96.1 Å². The van der Waals surface area contributed by atoms with E-state index in [1.165, 1.54) is 32.0 Å². The lowest BCUT2D eigenvalue weighted by molar-refractivity contribution is -0.667. The molecule has 0 radical (unpaired) electrons. The molecule has 5 nitrogen and oxygen atoms in total. The van der Waals surface area contributed by atoms with Gasteiger partial charge in [-0.15, -0.1) is 0 Å². The number of thioether (sulfide) groups is 1. The lowest BCUT2D eigenvalue weighted by Gasteiger charge is -2.20. The Balaban J connectivity index is 1.44. The van der Waals surface area contributed by atoms with Crippen LogP contribution in [0.2, 0.25) is 0 Å². The Morgan fingerprint density at radius 1 is 0.950 bits per heavy atom. The Kier molecular flexibility index (Phi) is 7.44. The van der Waals surface area contributed by atoms with Gasteiger partial charge in [-0.05, 0) is 54.0 Å². The predicted octanol–water partition coefficient (Wildman–Crippen LogP) is 8.04. The fourth-order valence-electron chi connectivity index (χ4n) is 5.47. The fraction of sp³-hybridized carbons (Fsp3) is 0.219. The summed E-state index contributed by atoms with van der Waals surface area (Å²) in [6.07, 6.45) is 5.74. The molecule has 0 bridgehead atoms. The number of hydrogen-bond acceptors (Lipinski definition) is 5. The van der Waals surface area contributed by atoms with E-state index in [-0.39, 0.29) is 5.75 Å². The van der Waals surface area contributed by atoms with Crippen LogP contribution < -0.4 is 9.47 Å². The summed E-state index contributed by atoms with van der Waals surface area (Å²) >= 11 is 3.53. The van der Waals surface area contributed by atoms with E-state index in [1.54, 1.807) is 11.3 Å². The van der Waals surface area contributed by atoms with E-state index < -0.39 is 10.1 Å². The molecule has 0 saturated heterocycles. The third kappa shape index (κ3) is 5.17. The van der Waals surface area contributed by atoms with Gasteiger partial charge in [-0.2, -0.15) is 13.0 Å². The van der Waals surface area contributed by atoms with Crippen molar-refractivity contribution in [3.63, 3.8) is 0 Å². The molecule has 6 rings (SSSR count). The molecular weight excluding hydrogens is 557 g/mol. The maximum atomic E-state index is 11.5. The van der Waals surface area contributed by atoms with Crippen molar-refractivity contribution in [2.45, 2.75) is 38.1 Å². The van der Waals surface area contributed by atoms with Gasteiger partial charge < -0.3 is 4.90 Å². The highest BCUT2D eigenvalue weighted by Crippen LogP contribution is 2.49. The summed E-state index contributed by atoms with van der Waals surface area (Å²) in [6.45, 7) is 5.75. The molecule has 0 atom stereocenters. The minimum absolute atomic E-state index is 0.260. The van der Waals surface area contributed by atoms with Crippen LogP contribution >= 0.6 is 23.1 Å². The number of aryl methyl sites for hydroxylation is 1. The highest BCUT2D eigenvalue weighted by atomic mass is 32.2. The second-order valence-electron chi connectivity index (χ2n) is 9.90. The van der Waals surface area contributed by atoms with Gasteiger partial charge in [0.05, 0.1) is 21.9 Å². The molecule has 4 aromatic carbocycles. The molecule has 5 aromatic rings. The summed E-state index contributed by atoms with van der Waals surface area (Å²) in [4.78, 5) is 3.68. The summed E-state index contributed by atoms with van der Waals surface area (Å²) in [5, 5.41) is 7.10. The van der Waals surface area contributed by atoms with Gasteiger partial charge >= 0.3 is 0 Å². The zero-order valence-electron chi connectivity index (χ0n) is 22.5. The number of fused-ring (bicyclic) bond motifs is 6. The van der Waals surface area contributed by atoms with Crippen LogP contribution in [0.3, 0.4) is 0 Å². The smallest absolute Gasteiger partial charge is 0.265 e. The van der Waals surface area contributed by atoms with Gasteiger partial charge in [0.1, 0.15) is 4.70 Å². The fourth-order valence-corrected chi connectivity index (χ4v) is 8.36. The van der Waals surface area contributed by atoms with Gasteiger partial charge in [-0.25, -0.2) is 0 Å². The quantitative estimate of drug-likeness (QED) is 0.147. The van der Waals surface area contributed by atoms with Crippen LogP contribution in [0, 0.1) is 0 Å². The van der Waals surface area contributed by atoms with E-state index in [4.69, 9.17) is 0 Å². The lowest BCUT2D eigenvalue weighted by atomic mass is 10.1. The zero-order valence-corrected chi connectivity index (χ0v) is 25.0. The summed E-state index contributed by atoms with van der Waals surface area (Å²) < 4.78 is 35.7. The molecular formula is C32H31N2O3S3+. The number of rotatable bonds is 8. The predicted molar refractivity (Wildman–Crippen MR) is 170 cm³/mol. The van der Waals surface area contributed by atoms with Crippen LogP contribution in [0.25, 0.3) is 37.8 Å². The maximum Gasteiger partial charge on any atom is 0.265 e. The van der Waals surface area contributed by atoms with Crippen molar-refractivity contribution in [3.8, 4) is 0 Å². The van der Waals surface area contributed by atoms with E-state index in [1.807, 2.05) is 23.9 Å². The SMILES string of the molecule is CCC(=C/c1sc2ccc3ccccc3c2[n+]1CCCS(=O)(=O)O)/C=C1/Sc2ccc3ccccc3c2N1CC.